The normalized spacial score (nSPS) is 45.0. The molecule has 59 heavy (non-hydrogen) atoms. The lowest BCUT2D eigenvalue weighted by Gasteiger charge is -2.50. The van der Waals surface area contributed by atoms with E-state index in [9.17, 15) is 29.1 Å². The van der Waals surface area contributed by atoms with Gasteiger partial charge < -0.3 is 69.4 Å². The van der Waals surface area contributed by atoms with Gasteiger partial charge in [0.1, 0.15) is 35.3 Å². The van der Waals surface area contributed by atoms with Crippen molar-refractivity contribution in [2.45, 2.75) is 179 Å². The first-order valence-electron chi connectivity index (χ1n) is 20.5. The number of primary amides is 2. The number of carbonyl (C=O) groups excluding carboxylic acids is 5. The molecule has 4 fully saturated rings. The molecule has 18 atom stereocenters. The fraction of sp³-hybridized carbons (Fsp3) is 0.875. The molecule has 0 aromatic carbocycles. The molecule has 3 amide bonds. The number of esters is 1. The Morgan fingerprint density at radius 2 is 1.56 bits per heavy atom. The minimum Gasteiger partial charge on any atom is -0.458 e. The Labute approximate surface area is 347 Å². The van der Waals surface area contributed by atoms with Crippen molar-refractivity contribution < 1.29 is 71.7 Å². The summed E-state index contributed by atoms with van der Waals surface area (Å²) in [6.07, 6.45) is -11.6. The van der Waals surface area contributed by atoms with Crippen molar-refractivity contribution in [2.75, 3.05) is 21.2 Å². The van der Waals surface area contributed by atoms with Gasteiger partial charge in [-0.3, -0.25) is 9.59 Å². The minimum atomic E-state index is -1.75. The summed E-state index contributed by atoms with van der Waals surface area (Å²) in [6.45, 7) is 16.8. The highest BCUT2D eigenvalue weighted by Gasteiger charge is 2.58. The number of Topliss-reactive ketones (excluding diaryl/α,β-unsaturated/α-hetero) is 1. The number of ether oxygens (including phenoxy) is 9. The van der Waals surface area contributed by atoms with Gasteiger partial charge in [-0.15, -0.1) is 0 Å². The smallest absolute Gasteiger partial charge is 0.408 e. The molecule has 4 rings (SSSR count). The number of aliphatic hydroxyl groups excluding tert-OH is 1. The standard InChI is InChI=1S/C40H68N4O15/c1-14-25-40(10)30(43-37(50)59-40)20(4)27(45)18(2)16-39(9,58-36(42)49)31(56-34-28(46)24(44(11)12)15-19(3)52-34)21(5)29(22(6)33(47)54-25)55-26-17-38(8,51-13)32(23(7)53-26)57-35(41)48/h18-26,28-32,34,46H,14-17H2,1-13H3,(H2,41,48)(H2,42,49)(H,43,50)/t18-,19-,20-,21+,22-,23+,24+,25+,26+,28-,29-,30-,31-,32+,34+,38-,39+,40-/m1/s1. The molecule has 0 aromatic heterocycles. The zero-order chi connectivity index (χ0) is 44.5. The molecule has 0 bridgehead atoms. The number of alkyl carbamates (subject to hydrolysis) is 1. The van der Waals surface area contributed by atoms with Crippen LogP contribution in [0.5, 0.6) is 0 Å². The van der Waals surface area contributed by atoms with Crippen LogP contribution >= 0.6 is 0 Å². The maximum atomic E-state index is 14.5. The fourth-order valence-corrected chi connectivity index (χ4v) is 9.80. The van der Waals surface area contributed by atoms with Crippen molar-refractivity contribution in [3.05, 3.63) is 0 Å². The van der Waals surface area contributed by atoms with Crippen LogP contribution < -0.4 is 16.8 Å². The monoisotopic (exact) mass is 844 g/mol. The van der Waals surface area contributed by atoms with Crippen molar-refractivity contribution in [1.82, 2.24) is 10.2 Å². The van der Waals surface area contributed by atoms with Crippen molar-refractivity contribution in [1.29, 1.82) is 0 Å². The predicted molar refractivity (Wildman–Crippen MR) is 208 cm³/mol. The van der Waals surface area contributed by atoms with Gasteiger partial charge in [0.2, 0.25) is 0 Å². The first-order chi connectivity index (χ1) is 27.3. The molecular formula is C40H68N4O15. The zero-order valence-electron chi connectivity index (χ0n) is 36.8. The van der Waals surface area contributed by atoms with Gasteiger partial charge in [0, 0.05) is 37.3 Å². The maximum Gasteiger partial charge on any atom is 0.408 e. The molecule has 0 aliphatic carbocycles. The summed E-state index contributed by atoms with van der Waals surface area (Å²) >= 11 is 0. The van der Waals surface area contributed by atoms with Gasteiger partial charge in [-0.1, -0.05) is 27.7 Å². The predicted octanol–water partition coefficient (Wildman–Crippen LogP) is 2.75. The molecule has 4 aliphatic rings. The molecule has 0 aromatic rings. The number of methoxy groups -OCH3 is 1. The number of likely N-dealkylation sites (N-methyl/N-ethyl adjacent to an activating group) is 1. The van der Waals surface area contributed by atoms with Crippen molar-refractivity contribution in [2.24, 2.45) is 35.1 Å². The summed E-state index contributed by atoms with van der Waals surface area (Å²) in [5.74, 6) is -4.88. The topological polar surface area (TPSA) is 256 Å². The van der Waals surface area contributed by atoms with Crippen LogP contribution in [0.25, 0.3) is 0 Å². The quantitative estimate of drug-likeness (QED) is 0.192. The van der Waals surface area contributed by atoms with Gasteiger partial charge in [0.05, 0.1) is 30.3 Å². The number of carbonyl (C=O) groups is 5. The van der Waals surface area contributed by atoms with Crippen LogP contribution in [0.1, 0.15) is 94.9 Å². The molecule has 0 radical (unpaired) electrons. The minimum absolute atomic E-state index is 0.00773. The Kier molecular flexibility index (Phi) is 15.4. The van der Waals surface area contributed by atoms with E-state index in [2.05, 4.69) is 5.32 Å². The number of nitrogens with one attached hydrogen (secondary N) is 1. The summed E-state index contributed by atoms with van der Waals surface area (Å²) in [5, 5.41) is 14.5. The number of aliphatic hydroxyl groups is 1. The summed E-state index contributed by atoms with van der Waals surface area (Å²) in [7, 11) is 5.09. The highest BCUT2D eigenvalue weighted by Crippen LogP contribution is 2.43. The van der Waals surface area contributed by atoms with Crippen LogP contribution in [-0.2, 0) is 52.2 Å². The highest BCUT2D eigenvalue weighted by molar-refractivity contribution is 5.85. The number of ketones is 1. The second-order valence-corrected chi connectivity index (χ2v) is 17.8. The van der Waals surface area contributed by atoms with Crippen LogP contribution in [0.4, 0.5) is 14.4 Å². The van der Waals surface area contributed by atoms with Crippen molar-refractivity contribution in [3.63, 3.8) is 0 Å². The maximum absolute atomic E-state index is 14.5. The number of amides is 3. The van der Waals surface area contributed by atoms with E-state index in [0.717, 1.165) is 0 Å². The van der Waals surface area contributed by atoms with Crippen molar-refractivity contribution >= 4 is 30.0 Å². The fourth-order valence-electron chi connectivity index (χ4n) is 9.80. The lowest BCUT2D eigenvalue weighted by atomic mass is 9.73. The number of rotatable bonds is 9. The van der Waals surface area contributed by atoms with E-state index in [1.54, 1.807) is 62.3 Å². The lowest BCUT2D eigenvalue weighted by molar-refractivity contribution is -0.317. The average molecular weight is 845 g/mol. The Morgan fingerprint density at radius 3 is 2.12 bits per heavy atom. The van der Waals surface area contributed by atoms with E-state index in [0.29, 0.717) is 6.42 Å². The molecular weight excluding hydrogens is 776 g/mol. The third-order valence-corrected chi connectivity index (χ3v) is 13.0. The van der Waals surface area contributed by atoms with Gasteiger partial charge in [-0.25, -0.2) is 14.4 Å². The number of cyclic esters (lactones) is 1. The third kappa shape index (κ3) is 10.2. The summed E-state index contributed by atoms with van der Waals surface area (Å²) < 4.78 is 55.3. The molecule has 4 aliphatic heterocycles. The number of hydrogen-bond acceptors (Lipinski definition) is 16. The lowest BCUT2D eigenvalue weighted by Crippen LogP contribution is -2.62. The first kappa shape index (κ1) is 48.3. The molecule has 0 spiro atoms. The molecule has 19 nitrogen and oxygen atoms in total. The third-order valence-electron chi connectivity index (χ3n) is 13.0. The van der Waals surface area contributed by atoms with Gasteiger partial charge in [-0.2, -0.15) is 0 Å². The van der Waals surface area contributed by atoms with E-state index in [1.165, 1.54) is 7.11 Å². The van der Waals surface area contributed by atoms with Crippen molar-refractivity contribution in [3.8, 4) is 0 Å². The van der Waals surface area contributed by atoms with Crippen LogP contribution in [0.15, 0.2) is 0 Å². The summed E-state index contributed by atoms with van der Waals surface area (Å²) in [4.78, 5) is 68.5. The Hall–Kier alpha value is -3.33. The number of nitrogens with zero attached hydrogens (tertiary/aromatic N) is 1. The van der Waals surface area contributed by atoms with Crippen LogP contribution in [0, 0.1) is 23.7 Å². The second kappa shape index (κ2) is 18.7. The largest absolute Gasteiger partial charge is 0.458 e. The van der Waals surface area contributed by atoms with E-state index in [1.807, 2.05) is 25.9 Å². The summed E-state index contributed by atoms with van der Waals surface area (Å²) in [5.41, 5.74) is 6.77. The Balaban J connectivity index is 1.92. The molecule has 4 heterocycles. The molecule has 0 saturated carbocycles. The van der Waals surface area contributed by atoms with E-state index < -0.39 is 126 Å². The molecule has 338 valence electrons. The highest BCUT2D eigenvalue weighted by atomic mass is 16.7. The van der Waals surface area contributed by atoms with Gasteiger partial charge in [-0.05, 0) is 74.9 Å². The Bertz CT molecular complexity index is 1540. The molecule has 4 saturated heterocycles. The van der Waals surface area contributed by atoms with E-state index in [4.69, 9.17) is 54.1 Å². The molecule has 19 heteroatoms. The SMILES string of the molecule is CC[C@@H]1OC(=O)[C@H](C)[C@H](O[C@H]2C[C@@](C)(OC)[C@@H](OC(N)=O)[C@H](C)O2)[C@H](C)[C@@H](O[C@@H]2O[C@H](C)C[C@H](N(C)C)[C@H]2O)[C@@](C)(OC(N)=O)C[C@@H](C)C(=O)[C@@H](C)[C@H]2NC(=O)O[C@]12C. The van der Waals surface area contributed by atoms with E-state index >= 15 is 0 Å². The van der Waals surface area contributed by atoms with Crippen LogP contribution in [0.2, 0.25) is 0 Å². The number of hydrogen-bond donors (Lipinski definition) is 4. The zero-order valence-corrected chi connectivity index (χ0v) is 36.8. The van der Waals surface area contributed by atoms with Gasteiger partial charge in [0.25, 0.3) is 0 Å². The second-order valence-electron chi connectivity index (χ2n) is 17.8. The number of nitrogens with two attached hydrogens (primary N) is 2. The number of fused-ring (bicyclic) bond motifs is 1. The van der Waals surface area contributed by atoms with Crippen LogP contribution in [-0.4, -0.2) is 145 Å². The average Bonchev–Trinajstić information content (AvgIpc) is 3.46. The molecule has 6 N–H and O–H groups in total. The summed E-state index contributed by atoms with van der Waals surface area (Å²) in [6, 6.07) is -1.32. The van der Waals surface area contributed by atoms with Crippen LogP contribution in [0.3, 0.4) is 0 Å². The van der Waals surface area contributed by atoms with Gasteiger partial charge >= 0.3 is 24.2 Å². The first-order valence-corrected chi connectivity index (χ1v) is 20.5. The molecule has 0 unspecified atom stereocenters. The van der Waals surface area contributed by atoms with E-state index in [-0.39, 0.29) is 31.1 Å². The Morgan fingerprint density at radius 1 is 0.915 bits per heavy atom. The van der Waals surface area contributed by atoms with Gasteiger partial charge in [0.15, 0.2) is 24.3 Å².